The lowest BCUT2D eigenvalue weighted by Gasteiger charge is -2.16. The summed E-state index contributed by atoms with van der Waals surface area (Å²) in [6, 6.07) is 11.4. The van der Waals surface area contributed by atoms with E-state index < -0.39 is 0 Å². The number of thiocarbonyl (C=S) groups is 1. The SMILES string of the molecule is Cc1ccc(/C=C2/SC(=S)N(CNc3ccc(Br)cc3)C2=O)o1. The third-order valence-electron chi connectivity index (χ3n) is 3.19. The van der Waals surface area contributed by atoms with E-state index in [1.807, 2.05) is 43.3 Å². The van der Waals surface area contributed by atoms with Crippen LogP contribution in [0.15, 0.2) is 50.2 Å². The van der Waals surface area contributed by atoms with Crippen molar-refractivity contribution in [3.8, 4) is 0 Å². The van der Waals surface area contributed by atoms with Gasteiger partial charge in [0.1, 0.15) is 15.8 Å². The van der Waals surface area contributed by atoms with Gasteiger partial charge in [0.25, 0.3) is 5.91 Å². The van der Waals surface area contributed by atoms with E-state index in [9.17, 15) is 4.79 Å². The van der Waals surface area contributed by atoms with Gasteiger partial charge in [-0.05, 0) is 43.3 Å². The molecule has 0 aliphatic carbocycles. The predicted molar refractivity (Wildman–Crippen MR) is 101 cm³/mol. The molecule has 0 radical (unpaired) electrons. The summed E-state index contributed by atoms with van der Waals surface area (Å²) in [5.41, 5.74) is 0.924. The molecule has 0 bridgehead atoms. The van der Waals surface area contributed by atoms with Crippen molar-refractivity contribution >= 4 is 61.9 Å². The second-order valence-electron chi connectivity index (χ2n) is 4.90. The van der Waals surface area contributed by atoms with E-state index in [-0.39, 0.29) is 5.91 Å². The van der Waals surface area contributed by atoms with E-state index >= 15 is 0 Å². The van der Waals surface area contributed by atoms with E-state index in [1.165, 1.54) is 11.8 Å². The molecule has 1 aromatic heterocycles. The van der Waals surface area contributed by atoms with Crippen molar-refractivity contribution in [2.75, 3.05) is 12.0 Å². The molecule has 1 fully saturated rings. The number of halogens is 1. The van der Waals surface area contributed by atoms with Gasteiger partial charge in [-0.15, -0.1) is 0 Å². The van der Waals surface area contributed by atoms with Gasteiger partial charge in [-0.1, -0.05) is 39.9 Å². The number of hydrogen-bond acceptors (Lipinski definition) is 5. The Hall–Kier alpha value is -1.57. The minimum atomic E-state index is -0.112. The number of rotatable bonds is 4. The Morgan fingerprint density at radius 2 is 2.04 bits per heavy atom. The number of furan rings is 1. The van der Waals surface area contributed by atoms with Crippen LogP contribution in [-0.4, -0.2) is 21.8 Å². The van der Waals surface area contributed by atoms with Gasteiger partial charge in [0.15, 0.2) is 0 Å². The predicted octanol–water partition coefficient (Wildman–Crippen LogP) is 4.62. The molecule has 3 rings (SSSR count). The first-order valence-electron chi connectivity index (χ1n) is 6.84. The Balaban J connectivity index is 1.69. The first-order valence-corrected chi connectivity index (χ1v) is 8.86. The number of nitrogens with one attached hydrogen (secondary N) is 1. The van der Waals surface area contributed by atoms with E-state index in [4.69, 9.17) is 16.6 Å². The number of carbonyl (C=O) groups is 1. The fraction of sp³-hybridized carbons (Fsp3) is 0.125. The molecule has 7 heteroatoms. The minimum Gasteiger partial charge on any atom is -0.462 e. The second kappa shape index (κ2) is 6.90. The monoisotopic (exact) mass is 408 g/mol. The normalized spacial score (nSPS) is 16.4. The van der Waals surface area contributed by atoms with Gasteiger partial charge in [0, 0.05) is 16.2 Å². The molecular weight excluding hydrogens is 396 g/mol. The van der Waals surface area contributed by atoms with Crippen LogP contribution < -0.4 is 5.32 Å². The van der Waals surface area contributed by atoms with Crippen LogP contribution in [0.5, 0.6) is 0 Å². The standard InChI is InChI=1S/C16H13BrN2O2S2/c1-10-2-7-13(21-10)8-14-15(20)19(16(22)23-14)9-18-12-5-3-11(17)4-6-12/h2-8,18H,9H2,1H3/b14-8+. The summed E-state index contributed by atoms with van der Waals surface area (Å²) >= 11 is 9.98. The summed E-state index contributed by atoms with van der Waals surface area (Å²) in [5.74, 6) is 1.35. The van der Waals surface area contributed by atoms with Crippen molar-refractivity contribution in [3.63, 3.8) is 0 Å². The molecule has 0 spiro atoms. The van der Waals surface area contributed by atoms with Crippen molar-refractivity contribution in [2.45, 2.75) is 6.92 Å². The molecule has 118 valence electrons. The molecule has 1 aliphatic rings. The first kappa shape index (κ1) is 16.3. The van der Waals surface area contributed by atoms with Gasteiger partial charge < -0.3 is 9.73 Å². The Morgan fingerprint density at radius 3 is 2.70 bits per heavy atom. The zero-order valence-corrected chi connectivity index (χ0v) is 15.4. The van der Waals surface area contributed by atoms with Gasteiger partial charge in [-0.25, -0.2) is 0 Å². The van der Waals surface area contributed by atoms with Gasteiger partial charge >= 0.3 is 0 Å². The van der Waals surface area contributed by atoms with Gasteiger partial charge in [0.05, 0.1) is 11.6 Å². The number of hydrogen-bond donors (Lipinski definition) is 1. The van der Waals surface area contributed by atoms with Crippen LogP contribution in [0, 0.1) is 6.92 Å². The summed E-state index contributed by atoms with van der Waals surface area (Å²) in [7, 11) is 0. The maximum atomic E-state index is 12.5. The average Bonchev–Trinajstić information content (AvgIpc) is 3.04. The van der Waals surface area contributed by atoms with Crippen LogP contribution in [0.4, 0.5) is 5.69 Å². The molecule has 0 unspecified atom stereocenters. The van der Waals surface area contributed by atoms with E-state index in [2.05, 4.69) is 21.2 Å². The fourth-order valence-electron chi connectivity index (χ4n) is 2.03. The summed E-state index contributed by atoms with van der Waals surface area (Å²) in [6.07, 6.45) is 1.73. The summed E-state index contributed by atoms with van der Waals surface area (Å²) in [6.45, 7) is 2.20. The molecule has 2 aromatic rings. The molecule has 1 aromatic carbocycles. The number of nitrogens with zero attached hydrogens (tertiary/aromatic N) is 1. The molecule has 1 saturated heterocycles. The maximum absolute atomic E-state index is 12.5. The fourth-order valence-corrected chi connectivity index (χ4v) is 3.53. The lowest BCUT2D eigenvalue weighted by atomic mass is 10.3. The Kier molecular flexibility index (Phi) is 4.89. The van der Waals surface area contributed by atoms with Crippen molar-refractivity contribution in [3.05, 3.63) is 57.3 Å². The lowest BCUT2D eigenvalue weighted by molar-refractivity contribution is -0.121. The van der Waals surface area contributed by atoms with E-state index in [0.29, 0.717) is 21.7 Å². The third kappa shape index (κ3) is 3.85. The smallest absolute Gasteiger partial charge is 0.267 e. The molecule has 2 heterocycles. The minimum absolute atomic E-state index is 0.112. The summed E-state index contributed by atoms with van der Waals surface area (Å²) in [5, 5.41) is 3.20. The Bertz CT molecular complexity index is 784. The number of benzene rings is 1. The number of thioether (sulfide) groups is 1. The molecule has 4 nitrogen and oxygen atoms in total. The highest BCUT2D eigenvalue weighted by atomic mass is 79.9. The van der Waals surface area contributed by atoms with Crippen LogP contribution in [0.1, 0.15) is 11.5 Å². The summed E-state index contributed by atoms with van der Waals surface area (Å²) < 4.78 is 7.02. The third-order valence-corrected chi connectivity index (χ3v) is 5.10. The largest absolute Gasteiger partial charge is 0.462 e. The van der Waals surface area contributed by atoms with Crippen LogP contribution in [0.2, 0.25) is 0 Å². The Morgan fingerprint density at radius 1 is 1.30 bits per heavy atom. The van der Waals surface area contributed by atoms with Crippen LogP contribution in [-0.2, 0) is 4.79 Å². The highest BCUT2D eigenvalue weighted by Gasteiger charge is 2.32. The van der Waals surface area contributed by atoms with Crippen molar-refractivity contribution in [2.24, 2.45) is 0 Å². The van der Waals surface area contributed by atoms with Gasteiger partial charge in [-0.2, -0.15) is 0 Å². The zero-order chi connectivity index (χ0) is 16.4. The zero-order valence-electron chi connectivity index (χ0n) is 12.2. The summed E-state index contributed by atoms with van der Waals surface area (Å²) in [4.78, 5) is 14.6. The molecular formula is C16H13BrN2O2S2. The van der Waals surface area contributed by atoms with E-state index in [1.54, 1.807) is 11.0 Å². The van der Waals surface area contributed by atoms with Gasteiger partial charge in [0.2, 0.25) is 0 Å². The highest BCUT2D eigenvalue weighted by molar-refractivity contribution is 9.10. The average molecular weight is 409 g/mol. The molecule has 0 saturated carbocycles. The van der Waals surface area contributed by atoms with Crippen molar-refractivity contribution < 1.29 is 9.21 Å². The Labute approximate surface area is 152 Å². The van der Waals surface area contributed by atoms with Gasteiger partial charge in [-0.3, -0.25) is 9.69 Å². The second-order valence-corrected chi connectivity index (χ2v) is 7.49. The van der Waals surface area contributed by atoms with E-state index in [0.717, 1.165) is 15.9 Å². The van der Waals surface area contributed by atoms with Crippen molar-refractivity contribution in [1.82, 2.24) is 4.90 Å². The lowest BCUT2D eigenvalue weighted by Crippen LogP contribution is -2.33. The van der Waals surface area contributed by atoms with Crippen LogP contribution in [0.25, 0.3) is 6.08 Å². The topological polar surface area (TPSA) is 45.5 Å². The molecule has 1 amide bonds. The first-order chi connectivity index (χ1) is 11.0. The number of amides is 1. The number of carbonyl (C=O) groups excluding carboxylic acids is 1. The molecule has 1 N–H and O–H groups in total. The number of anilines is 1. The molecule has 1 aliphatic heterocycles. The quantitative estimate of drug-likeness (QED) is 0.590. The molecule has 23 heavy (non-hydrogen) atoms. The van der Waals surface area contributed by atoms with Crippen molar-refractivity contribution in [1.29, 1.82) is 0 Å². The maximum Gasteiger partial charge on any atom is 0.267 e. The highest BCUT2D eigenvalue weighted by Crippen LogP contribution is 2.32. The number of aryl methyl sites for hydroxylation is 1. The van der Waals surface area contributed by atoms with Crippen LogP contribution in [0.3, 0.4) is 0 Å². The molecule has 0 atom stereocenters. The van der Waals surface area contributed by atoms with Crippen LogP contribution >= 0.6 is 39.9 Å².